The Balaban J connectivity index is 2.28. The summed E-state index contributed by atoms with van der Waals surface area (Å²) in [5, 5.41) is 0. The number of carbonyl (C=O) groups excluding carboxylic acids is 1. The van der Waals surface area contributed by atoms with Gasteiger partial charge in [0.05, 0.1) is 0 Å². The Kier molecular flexibility index (Phi) is 1.54. The van der Waals surface area contributed by atoms with E-state index in [1.807, 2.05) is 6.08 Å². The zero-order valence-corrected chi connectivity index (χ0v) is 6.38. The molecule has 1 nitrogen and oxygen atoms in total. The minimum atomic E-state index is -0.309. The lowest BCUT2D eigenvalue weighted by Gasteiger charge is -1.94. The van der Waals surface area contributed by atoms with E-state index in [-0.39, 0.29) is 11.6 Å². The second-order valence-corrected chi connectivity index (χ2v) is 2.77. The Bertz CT molecular complexity index is 349. The maximum absolute atomic E-state index is 12.4. The van der Waals surface area contributed by atoms with E-state index in [1.54, 1.807) is 0 Å². The van der Waals surface area contributed by atoms with Crippen LogP contribution in [0, 0.1) is 5.82 Å². The van der Waals surface area contributed by atoms with E-state index in [9.17, 15) is 9.18 Å². The Morgan fingerprint density at radius 3 is 2.33 bits per heavy atom. The molecular weight excluding hydrogens is 155 g/mol. The quantitative estimate of drug-likeness (QED) is 0.610. The molecule has 0 atom stereocenters. The summed E-state index contributed by atoms with van der Waals surface area (Å²) in [7, 11) is 0. The lowest BCUT2D eigenvalue weighted by molar-refractivity contribution is 0.103. The Hall–Kier alpha value is -1.44. The van der Waals surface area contributed by atoms with E-state index < -0.39 is 0 Å². The molecule has 1 aromatic rings. The zero-order chi connectivity index (χ0) is 8.55. The number of benzene rings is 1. The van der Waals surface area contributed by atoms with Gasteiger partial charge in [-0.15, -0.1) is 0 Å². The summed E-state index contributed by atoms with van der Waals surface area (Å²) >= 11 is 0. The van der Waals surface area contributed by atoms with Gasteiger partial charge >= 0.3 is 0 Å². The van der Waals surface area contributed by atoms with Crippen LogP contribution in [0.3, 0.4) is 0 Å². The molecule has 0 unspecified atom stereocenters. The van der Waals surface area contributed by atoms with Crippen molar-refractivity contribution in [3.05, 3.63) is 47.3 Å². The van der Waals surface area contributed by atoms with E-state index in [4.69, 9.17) is 0 Å². The van der Waals surface area contributed by atoms with Crippen LogP contribution >= 0.6 is 0 Å². The van der Waals surface area contributed by atoms with Crippen molar-refractivity contribution >= 4 is 5.78 Å². The maximum Gasteiger partial charge on any atom is 0.189 e. The third kappa shape index (κ3) is 1.28. The largest absolute Gasteiger partial charge is 0.289 e. The molecule has 0 spiro atoms. The molecule has 0 aromatic heterocycles. The molecule has 0 N–H and O–H groups in total. The van der Waals surface area contributed by atoms with E-state index in [1.165, 1.54) is 24.3 Å². The predicted octanol–water partition coefficient (Wildman–Crippen LogP) is 2.34. The number of hydrogen-bond donors (Lipinski definition) is 0. The molecule has 1 aliphatic rings. The van der Waals surface area contributed by atoms with Crippen molar-refractivity contribution in [1.82, 2.24) is 0 Å². The molecule has 0 radical (unpaired) electrons. The van der Waals surface area contributed by atoms with Crippen LogP contribution in [-0.4, -0.2) is 5.78 Å². The molecule has 1 aromatic carbocycles. The fraction of sp³-hybridized carbons (Fsp3) is 0.100. The molecular formula is C10H7FO. The molecule has 0 fully saturated rings. The van der Waals surface area contributed by atoms with Crippen LogP contribution in [0.1, 0.15) is 16.8 Å². The first-order chi connectivity index (χ1) is 5.77. The average Bonchev–Trinajstić information content (AvgIpc) is 2.87. The van der Waals surface area contributed by atoms with Gasteiger partial charge in [0.25, 0.3) is 0 Å². The van der Waals surface area contributed by atoms with E-state index in [0.717, 1.165) is 12.0 Å². The predicted molar refractivity (Wildman–Crippen MR) is 43.4 cm³/mol. The smallest absolute Gasteiger partial charge is 0.189 e. The summed E-state index contributed by atoms with van der Waals surface area (Å²) in [5.74, 6) is -0.286. The van der Waals surface area contributed by atoms with Gasteiger partial charge in [0.2, 0.25) is 0 Å². The Morgan fingerprint density at radius 1 is 1.25 bits per heavy atom. The van der Waals surface area contributed by atoms with Crippen LogP contribution in [0.2, 0.25) is 0 Å². The van der Waals surface area contributed by atoms with Crippen LogP contribution in [0.15, 0.2) is 35.9 Å². The highest BCUT2D eigenvalue weighted by Crippen LogP contribution is 2.23. The van der Waals surface area contributed by atoms with Gasteiger partial charge in [-0.3, -0.25) is 4.79 Å². The third-order valence-corrected chi connectivity index (χ3v) is 1.81. The van der Waals surface area contributed by atoms with Crippen molar-refractivity contribution < 1.29 is 9.18 Å². The number of carbonyl (C=O) groups is 1. The summed E-state index contributed by atoms with van der Waals surface area (Å²) in [6.07, 6.45) is 2.65. The SMILES string of the molecule is O=C(C1=CC1)c1ccc(F)cc1. The van der Waals surface area contributed by atoms with Crippen molar-refractivity contribution in [3.8, 4) is 0 Å². The molecule has 2 rings (SSSR count). The molecule has 1 aliphatic carbocycles. The number of rotatable bonds is 2. The summed E-state index contributed by atoms with van der Waals surface area (Å²) in [6.45, 7) is 0. The van der Waals surface area contributed by atoms with E-state index in [0.29, 0.717) is 5.56 Å². The van der Waals surface area contributed by atoms with Gasteiger partial charge in [0.15, 0.2) is 5.78 Å². The third-order valence-electron chi connectivity index (χ3n) is 1.81. The van der Waals surface area contributed by atoms with Gasteiger partial charge < -0.3 is 0 Å². The van der Waals surface area contributed by atoms with Crippen LogP contribution in [-0.2, 0) is 0 Å². The fourth-order valence-electron chi connectivity index (χ4n) is 1.02. The van der Waals surface area contributed by atoms with Crippen molar-refractivity contribution in [2.75, 3.05) is 0 Å². The normalized spacial score (nSPS) is 13.9. The highest BCUT2D eigenvalue weighted by atomic mass is 19.1. The van der Waals surface area contributed by atoms with Crippen molar-refractivity contribution in [2.45, 2.75) is 6.42 Å². The zero-order valence-electron chi connectivity index (χ0n) is 6.38. The molecule has 0 amide bonds. The van der Waals surface area contributed by atoms with Crippen LogP contribution < -0.4 is 0 Å². The molecule has 0 bridgehead atoms. The number of allylic oxidation sites excluding steroid dienone is 2. The van der Waals surface area contributed by atoms with Crippen LogP contribution in [0.4, 0.5) is 4.39 Å². The molecule has 0 saturated heterocycles. The van der Waals surface area contributed by atoms with Gasteiger partial charge in [-0.25, -0.2) is 4.39 Å². The molecule has 0 aliphatic heterocycles. The first-order valence-corrected chi connectivity index (χ1v) is 3.76. The van der Waals surface area contributed by atoms with Gasteiger partial charge in [0, 0.05) is 11.1 Å². The summed E-state index contributed by atoms with van der Waals surface area (Å²) < 4.78 is 12.4. The summed E-state index contributed by atoms with van der Waals surface area (Å²) in [4.78, 5) is 11.3. The number of halogens is 1. The second-order valence-electron chi connectivity index (χ2n) is 2.77. The highest BCUT2D eigenvalue weighted by Gasteiger charge is 2.18. The van der Waals surface area contributed by atoms with Crippen molar-refractivity contribution in [2.24, 2.45) is 0 Å². The minimum Gasteiger partial charge on any atom is -0.289 e. The standard InChI is InChI=1S/C10H7FO/c11-9-5-3-8(4-6-9)10(12)7-1-2-7/h1,3-6H,2H2. The van der Waals surface area contributed by atoms with Crippen molar-refractivity contribution in [1.29, 1.82) is 0 Å². The van der Waals surface area contributed by atoms with Gasteiger partial charge in [-0.1, -0.05) is 6.08 Å². The second kappa shape index (κ2) is 2.55. The molecule has 2 heteroatoms. The highest BCUT2D eigenvalue weighted by molar-refractivity contribution is 6.11. The van der Waals surface area contributed by atoms with Crippen LogP contribution in [0.5, 0.6) is 0 Å². The molecule has 12 heavy (non-hydrogen) atoms. The number of Topliss-reactive ketones (excluding diaryl/α,β-unsaturated/α-hetero) is 1. The van der Waals surface area contributed by atoms with Gasteiger partial charge in [-0.05, 0) is 30.7 Å². The Morgan fingerprint density at radius 2 is 1.83 bits per heavy atom. The maximum atomic E-state index is 12.4. The Labute approximate surface area is 69.5 Å². The van der Waals surface area contributed by atoms with Gasteiger partial charge in [0.1, 0.15) is 5.82 Å². The lowest BCUT2D eigenvalue weighted by Crippen LogP contribution is -1.95. The summed E-state index contributed by atoms with van der Waals surface area (Å²) in [5.41, 5.74) is 1.40. The first-order valence-electron chi connectivity index (χ1n) is 3.76. The fourth-order valence-corrected chi connectivity index (χ4v) is 1.02. The lowest BCUT2D eigenvalue weighted by atomic mass is 10.1. The van der Waals surface area contributed by atoms with E-state index in [2.05, 4.69) is 0 Å². The number of ketones is 1. The van der Waals surface area contributed by atoms with E-state index >= 15 is 0 Å². The topological polar surface area (TPSA) is 17.1 Å². The molecule has 60 valence electrons. The monoisotopic (exact) mass is 162 g/mol. The minimum absolute atomic E-state index is 0.0231. The summed E-state index contributed by atoms with van der Waals surface area (Å²) in [6, 6.07) is 5.62. The molecule has 0 heterocycles. The first kappa shape index (κ1) is 7.22. The number of hydrogen-bond acceptors (Lipinski definition) is 1. The molecule has 0 saturated carbocycles. The van der Waals surface area contributed by atoms with Crippen LogP contribution in [0.25, 0.3) is 0 Å². The van der Waals surface area contributed by atoms with Crippen molar-refractivity contribution in [3.63, 3.8) is 0 Å². The average molecular weight is 162 g/mol. The van der Waals surface area contributed by atoms with Gasteiger partial charge in [-0.2, -0.15) is 0 Å².